The summed E-state index contributed by atoms with van der Waals surface area (Å²) in [4.78, 5) is 41.8. The summed E-state index contributed by atoms with van der Waals surface area (Å²) in [5, 5.41) is 6.00. The molecule has 2 saturated heterocycles. The third-order valence-corrected chi connectivity index (χ3v) is 6.61. The zero-order valence-corrected chi connectivity index (χ0v) is 18.1. The molecule has 7 nitrogen and oxygen atoms in total. The maximum Gasteiger partial charge on any atom is 0.246 e. The van der Waals surface area contributed by atoms with Crippen molar-refractivity contribution in [3.8, 4) is 0 Å². The Morgan fingerprint density at radius 1 is 1.16 bits per heavy atom. The predicted molar refractivity (Wildman–Crippen MR) is 114 cm³/mol. The first-order valence-electron chi connectivity index (χ1n) is 11.0. The van der Waals surface area contributed by atoms with Crippen molar-refractivity contribution < 1.29 is 19.1 Å². The van der Waals surface area contributed by atoms with Gasteiger partial charge in [0.2, 0.25) is 17.7 Å². The standard InChI is InChI=1S/C24H29N3O4/c1-23(2,3)26-21(29)19-24-12-11-16(31-24)17(18(24)22(30)27(19)15-9-10-15)20(28)25-13-14-7-5-4-6-8-14/h4-8,11-12,15-19H,9-10,13H2,1-3H3,(H,25,28)(H,26,29)/t16-,17+,18-,19+,24+/m1/s1. The molecule has 5 rings (SSSR count). The maximum atomic E-state index is 13.6. The summed E-state index contributed by atoms with van der Waals surface area (Å²) >= 11 is 0. The van der Waals surface area contributed by atoms with E-state index in [0.29, 0.717) is 6.54 Å². The molecule has 4 aliphatic rings. The molecule has 1 aliphatic carbocycles. The van der Waals surface area contributed by atoms with Crippen LogP contribution in [-0.2, 0) is 25.7 Å². The number of benzene rings is 1. The van der Waals surface area contributed by atoms with E-state index in [0.717, 1.165) is 18.4 Å². The number of nitrogens with zero attached hydrogens (tertiary/aromatic N) is 1. The van der Waals surface area contributed by atoms with Crippen LogP contribution < -0.4 is 10.6 Å². The summed E-state index contributed by atoms with van der Waals surface area (Å²) in [6, 6.07) is 8.97. The lowest BCUT2D eigenvalue weighted by Gasteiger charge is -2.34. The van der Waals surface area contributed by atoms with E-state index in [1.807, 2.05) is 63.3 Å². The zero-order valence-electron chi connectivity index (χ0n) is 18.1. The van der Waals surface area contributed by atoms with Gasteiger partial charge in [0, 0.05) is 18.1 Å². The average molecular weight is 424 g/mol. The second kappa shape index (κ2) is 6.92. The molecule has 1 spiro atoms. The van der Waals surface area contributed by atoms with E-state index in [1.54, 1.807) is 4.90 Å². The van der Waals surface area contributed by atoms with Crippen LogP contribution in [0.4, 0.5) is 0 Å². The highest BCUT2D eigenvalue weighted by molar-refractivity contribution is 6.00. The molecule has 0 radical (unpaired) electrons. The number of ether oxygens (including phenoxy) is 1. The lowest BCUT2D eigenvalue weighted by Crippen LogP contribution is -2.58. The van der Waals surface area contributed by atoms with Crippen molar-refractivity contribution in [2.24, 2.45) is 11.8 Å². The Kier molecular flexibility index (Phi) is 4.52. The number of likely N-dealkylation sites (tertiary alicyclic amines) is 1. The number of rotatable bonds is 5. The lowest BCUT2D eigenvalue weighted by molar-refractivity contribution is -0.143. The van der Waals surface area contributed by atoms with Gasteiger partial charge in [-0.3, -0.25) is 14.4 Å². The van der Waals surface area contributed by atoms with E-state index < -0.39 is 35.1 Å². The van der Waals surface area contributed by atoms with Crippen molar-refractivity contribution in [1.29, 1.82) is 0 Å². The van der Waals surface area contributed by atoms with Gasteiger partial charge in [-0.05, 0) is 39.2 Å². The molecule has 3 fully saturated rings. The first kappa shape index (κ1) is 20.2. The Balaban J connectivity index is 1.43. The number of hydrogen-bond donors (Lipinski definition) is 2. The number of carbonyl (C=O) groups excluding carboxylic acids is 3. The minimum Gasteiger partial charge on any atom is -0.359 e. The van der Waals surface area contributed by atoms with E-state index in [4.69, 9.17) is 4.74 Å². The summed E-state index contributed by atoms with van der Waals surface area (Å²) in [5.41, 5.74) is -0.518. The fourth-order valence-electron chi connectivity index (χ4n) is 5.29. The number of nitrogens with one attached hydrogen (secondary N) is 2. The number of carbonyl (C=O) groups is 3. The van der Waals surface area contributed by atoms with Gasteiger partial charge >= 0.3 is 0 Å². The smallest absolute Gasteiger partial charge is 0.246 e. The maximum absolute atomic E-state index is 13.6. The van der Waals surface area contributed by atoms with Crippen molar-refractivity contribution in [1.82, 2.24) is 15.5 Å². The van der Waals surface area contributed by atoms with Crippen LogP contribution in [0.2, 0.25) is 0 Å². The van der Waals surface area contributed by atoms with Gasteiger partial charge in [0.1, 0.15) is 11.6 Å². The van der Waals surface area contributed by atoms with Gasteiger partial charge in [0.05, 0.1) is 17.9 Å². The molecule has 1 aromatic carbocycles. The van der Waals surface area contributed by atoms with Crippen molar-refractivity contribution in [3.63, 3.8) is 0 Å². The lowest BCUT2D eigenvalue weighted by atomic mass is 9.74. The monoisotopic (exact) mass is 423 g/mol. The fourth-order valence-corrected chi connectivity index (χ4v) is 5.29. The highest BCUT2D eigenvalue weighted by atomic mass is 16.5. The summed E-state index contributed by atoms with van der Waals surface area (Å²) in [7, 11) is 0. The minimum absolute atomic E-state index is 0.0484. The van der Waals surface area contributed by atoms with E-state index in [9.17, 15) is 14.4 Å². The molecule has 2 N–H and O–H groups in total. The summed E-state index contributed by atoms with van der Waals surface area (Å²) in [6.45, 7) is 6.14. The topological polar surface area (TPSA) is 87.7 Å². The van der Waals surface area contributed by atoms with Crippen LogP contribution >= 0.6 is 0 Å². The minimum atomic E-state index is -1.07. The molecule has 31 heavy (non-hydrogen) atoms. The van der Waals surface area contributed by atoms with E-state index in [-0.39, 0.29) is 23.8 Å². The molecule has 0 unspecified atom stereocenters. The van der Waals surface area contributed by atoms with Gasteiger partial charge in [-0.1, -0.05) is 42.5 Å². The molecular formula is C24H29N3O4. The van der Waals surface area contributed by atoms with Gasteiger partial charge in [0.15, 0.2) is 0 Å². The number of amides is 3. The molecule has 0 aromatic heterocycles. The van der Waals surface area contributed by atoms with Crippen LogP contribution in [0.3, 0.4) is 0 Å². The van der Waals surface area contributed by atoms with Gasteiger partial charge in [-0.25, -0.2) is 0 Å². The molecule has 1 saturated carbocycles. The predicted octanol–water partition coefficient (Wildman–Crippen LogP) is 1.53. The zero-order chi connectivity index (χ0) is 22.0. The van der Waals surface area contributed by atoms with Crippen LogP contribution in [0.25, 0.3) is 0 Å². The highest BCUT2D eigenvalue weighted by Crippen LogP contribution is 2.57. The summed E-state index contributed by atoms with van der Waals surface area (Å²) in [6.07, 6.45) is 4.98. The van der Waals surface area contributed by atoms with Crippen LogP contribution in [0.1, 0.15) is 39.2 Å². The van der Waals surface area contributed by atoms with Crippen LogP contribution in [0, 0.1) is 11.8 Å². The quantitative estimate of drug-likeness (QED) is 0.703. The van der Waals surface area contributed by atoms with Crippen molar-refractivity contribution in [2.75, 3.05) is 0 Å². The molecule has 5 atom stereocenters. The molecule has 3 amide bonds. The molecule has 3 aliphatic heterocycles. The first-order chi connectivity index (χ1) is 14.7. The Bertz CT molecular complexity index is 949. The van der Waals surface area contributed by atoms with Crippen LogP contribution in [0.5, 0.6) is 0 Å². The number of hydrogen-bond acceptors (Lipinski definition) is 4. The highest BCUT2D eigenvalue weighted by Gasteiger charge is 2.74. The molecular weight excluding hydrogens is 394 g/mol. The van der Waals surface area contributed by atoms with Crippen molar-refractivity contribution >= 4 is 17.7 Å². The Labute approximate surface area is 182 Å². The Hall–Kier alpha value is -2.67. The van der Waals surface area contributed by atoms with Gasteiger partial charge in [0.25, 0.3) is 0 Å². The second-order valence-electron chi connectivity index (χ2n) is 10.1. The Morgan fingerprint density at radius 2 is 1.87 bits per heavy atom. The van der Waals surface area contributed by atoms with Crippen LogP contribution in [0.15, 0.2) is 42.5 Å². The summed E-state index contributed by atoms with van der Waals surface area (Å²) in [5.74, 6) is -1.86. The average Bonchev–Trinajstić information content (AvgIpc) is 3.31. The molecule has 1 aromatic rings. The number of fused-ring (bicyclic) bond motifs is 1. The van der Waals surface area contributed by atoms with Gasteiger partial charge < -0.3 is 20.3 Å². The molecule has 3 heterocycles. The SMILES string of the molecule is CC(C)(C)NC(=O)[C@@H]1N(C2CC2)C(=O)[C@H]2[C@@H](C(=O)NCc3ccccc3)[C@H]3C=C[C@@]12O3. The van der Waals surface area contributed by atoms with E-state index in [2.05, 4.69) is 10.6 Å². The molecule has 164 valence electrons. The summed E-state index contributed by atoms with van der Waals surface area (Å²) < 4.78 is 6.30. The van der Waals surface area contributed by atoms with E-state index in [1.165, 1.54) is 0 Å². The normalized spacial score (nSPS) is 33.5. The van der Waals surface area contributed by atoms with Crippen molar-refractivity contribution in [2.45, 2.75) is 69.5 Å². The van der Waals surface area contributed by atoms with Crippen molar-refractivity contribution in [3.05, 3.63) is 48.0 Å². The largest absolute Gasteiger partial charge is 0.359 e. The third kappa shape index (κ3) is 3.26. The van der Waals surface area contributed by atoms with Gasteiger partial charge in [-0.15, -0.1) is 0 Å². The van der Waals surface area contributed by atoms with Gasteiger partial charge in [-0.2, -0.15) is 0 Å². The fraction of sp³-hybridized carbons (Fsp3) is 0.542. The van der Waals surface area contributed by atoms with Crippen LogP contribution in [-0.4, -0.2) is 51.9 Å². The molecule has 7 heteroatoms. The van der Waals surface area contributed by atoms with E-state index >= 15 is 0 Å². The molecule has 2 bridgehead atoms. The second-order valence-corrected chi connectivity index (χ2v) is 10.1. The third-order valence-electron chi connectivity index (χ3n) is 6.61. The first-order valence-corrected chi connectivity index (χ1v) is 11.0. The Morgan fingerprint density at radius 3 is 2.52 bits per heavy atom.